The number of aromatic nitrogens is 1. The quantitative estimate of drug-likeness (QED) is 0.827. The molecule has 0 saturated carbocycles. The molecule has 0 bridgehead atoms. The smallest absolute Gasteiger partial charge is 0.147 e. The summed E-state index contributed by atoms with van der Waals surface area (Å²) in [6.07, 6.45) is 6.90. The molecule has 0 aliphatic carbocycles. The molecule has 1 saturated heterocycles. The van der Waals surface area contributed by atoms with Crippen LogP contribution in [0.3, 0.4) is 0 Å². The lowest BCUT2D eigenvalue weighted by molar-refractivity contribution is 0.144. The van der Waals surface area contributed by atoms with Gasteiger partial charge in [-0.25, -0.2) is 4.98 Å². The van der Waals surface area contributed by atoms with Crippen LogP contribution in [0, 0.1) is 5.92 Å². The fraction of sp³-hybridized carbons (Fsp3) is 0.476. The molecule has 4 nitrogen and oxygen atoms in total. The number of hydrogen-bond acceptors (Lipinski definition) is 5. The van der Waals surface area contributed by atoms with Gasteiger partial charge >= 0.3 is 0 Å². The van der Waals surface area contributed by atoms with Crippen molar-refractivity contribution in [1.29, 1.82) is 0 Å². The van der Waals surface area contributed by atoms with Gasteiger partial charge in [0.1, 0.15) is 5.82 Å². The maximum absolute atomic E-state index is 9.08. The van der Waals surface area contributed by atoms with Crippen LogP contribution in [0.5, 0.6) is 0 Å². The first-order chi connectivity index (χ1) is 12.8. The Balaban J connectivity index is 1.38. The van der Waals surface area contributed by atoms with E-state index >= 15 is 0 Å². The van der Waals surface area contributed by atoms with Crippen molar-refractivity contribution in [2.24, 2.45) is 5.92 Å². The molecule has 1 fully saturated rings. The van der Waals surface area contributed by atoms with E-state index in [1.54, 1.807) is 0 Å². The Morgan fingerprint density at radius 1 is 1.04 bits per heavy atom. The van der Waals surface area contributed by atoms with E-state index in [1.165, 1.54) is 41.2 Å². The van der Waals surface area contributed by atoms with Gasteiger partial charge in [0.2, 0.25) is 0 Å². The molecule has 1 aromatic carbocycles. The summed E-state index contributed by atoms with van der Waals surface area (Å²) in [5, 5.41) is 9.08. The average molecular weight is 370 g/mol. The number of β-amino-alcohol motifs (C(OH)–C–C–N with tert-alkyl or cyclic N) is 1. The highest BCUT2D eigenvalue weighted by molar-refractivity contribution is 7.99. The molecular formula is C21H27N3OS. The Labute approximate surface area is 160 Å². The van der Waals surface area contributed by atoms with E-state index in [2.05, 4.69) is 45.1 Å². The Bertz CT molecular complexity index is 685. The summed E-state index contributed by atoms with van der Waals surface area (Å²) in [6, 6.07) is 12.9. The number of rotatable bonds is 6. The normalized spacial score (nSPS) is 17.8. The fourth-order valence-corrected chi connectivity index (χ4v) is 5.14. The van der Waals surface area contributed by atoms with Gasteiger partial charge in [0.25, 0.3) is 0 Å². The molecule has 0 spiro atoms. The maximum atomic E-state index is 9.08. The van der Waals surface area contributed by atoms with Crippen LogP contribution >= 0.6 is 11.8 Å². The van der Waals surface area contributed by atoms with Gasteiger partial charge in [-0.3, -0.25) is 0 Å². The van der Waals surface area contributed by atoms with Crippen LogP contribution < -0.4 is 4.90 Å². The summed E-state index contributed by atoms with van der Waals surface area (Å²) >= 11 is 1.82. The first kappa shape index (κ1) is 17.8. The Kier molecular flexibility index (Phi) is 5.78. The summed E-state index contributed by atoms with van der Waals surface area (Å²) < 4.78 is 0. The van der Waals surface area contributed by atoms with Crippen molar-refractivity contribution >= 4 is 23.3 Å². The van der Waals surface area contributed by atoms with Gasteiger partial charge in [-0.2, -0.15) is 0 Å². The molecule has 0 radical (unpaired) electrons. The minimum absolute atomic E-state index is 0.281. The molecule has 2 aromatic rings. The van der Waals surface area contributed by atoms with E-state index in [-0.39, 0.29) is 6.61 Å². The molecular weight excluding hydrogens is 342 g/mol. The fourth-order valence-electron chi connectivity index (χ4n) is 4.07. The number of benzene rings is 1. The van der Waals surface area contributed by atoms with Crippen molar-refractivity contribution in [3.05, 3.63) is 42.6 Å². The summed E-state index contributed by atoms with van der Waals surface area (Å²) in [5.41, 5.74) is 1.29. The van der Waals surface area contributed by atoms with Gasteiger partial charge in [-0.15, -0.1) is 0 Å². The molecule has 2 aliphatic rings. The van der Waals surface area contributed by atoms with Gasteiger partial charge in [-0.05, 0) is 69.0 Å². The highest BCUT2D eigenvalue weighted by atomic mass is 32.2. The van der Waals surface area contributed by atoms with Gasteiger partial charge in [0.15, 0.2) is 0 Å². The SMILES string of the molecule is OCCN1CCC(CCCN2c3ccccc3Sc3cccnc32)CC1. The second-order valence-corrected chi connectivity index (χ2v) is 8.28. The Morgan fingerprint density at radius 2 is 1.85 bits per heavy atom. The number of piperidine rings is 1. The lowest BCUT2D eigenvalue weighted by Gasteiger charge is -2.33. The molecule has 5 heteroatoms. The lowest BCUT2D eigenvalue weighted by atomic mass is 9.92. The van der Waals surface area contributed by atoms with Gasteiger partial charge in [0.05, 0.1) is 17.2 Å². The molecule has 0 unspecified atom stereocenters. The monoisotopic (exact) mass is 369 g/mol. The van der Waals surface area contributed by atoms with E-state index in [4.69, 9.17) is 5.11 Å². The number of anilines is 2. The van der Waals surface area contributed by atoms with Crippen LogP contribution in [0.15, 0.2) is 52.4 Å². The molecule has 2 aliphatic heterocycles. The third-order valence-electron chi connectivity index (χ3n) is 5.50. The molecule has 138 valence electrons. The van der Waals surface area contributed by atoms with Crippen LogP contribution in [0.4, 0.5) is 11.5 Å². The van der Waals surface area contributed by atoms with Crippen molar-refractivity contribution in [2.45, 2.75) is 35.5 Å². The van der Waals surface area contributed by atoms with E-state index in [9.17, 15) is 0 Å². The van der Waals surface area contributed by atoms with Crippen molar-refractivity contribution in [1.82, 2.24) is 9.88 Å². The Morgan fingerprint density at radius 3 is 2.69 bits per heavy atom. The van der Waals surface area contributed by atoms with E-state index in [0.717, 1.165) is 37.9 Å². The minimum Gasteiger partial charge on any atom is -0.395 e. The van der Waals surface area contributed by atoms with Gasteiger partial charge in [0, 0.05) is 24.2 Å². The molecule has 1 aromatic heterocycles. The summed E-state index contributed by atoms with van der Waals surface area (Å²) in [6.45, 7) is 4.41. The zero-order valence-corrected chi connectivity index (χ0v) is 16.0. The van der Waals surface area contributed by atoms with E-state index < -0.39 is 0 Å². The van der Waals surface area contributed by atoms with Crippen LogP contribution in [0.25, 0.3) is 0 Å². The molecule has 3 heterocycles. The van der Waals surface area contributed by atoms with Crippen molar-refractivity contribution in [2.75, 3.05) is 37.7 Å². The highest BCUT2D eigenvalue weighted by Crippen LogP contribution is 2.46. The first-order valence-corrected chi connectivity index (χ1v) is 10.5. The zero-order chi connectivity index (χ0) is 17.8. The number of pyridine rings is 1. The molecule has 26 heavy (non-hydrogen) atoms. The largest absolute Gasteiger partial charge is 0.395 e. The standard InChI is InChI=1S/C21H27N3OS/c25-16-15-23-13-9-17(10-14-23)5-4-12-24-18-6-1-2-7-19(18)26-20-8-3-11-22-21(20)24/h1-3,6-8,11,17,25H,4-5,9-10,12-16H2. The van der Waals surface area contributed by atoms with Crippen LogP contribution in [0.1, 0.15) is 25.7 Å². The van der Waals surface area contributed by atoms with Crippen molar-refractivity contribution in [3.63, 3.8) is 0 Å². The van der Waals surface area contributed by atoms with Crippen molar-refractivity contribution in [3.8, 4) is 0 Å². The molecule has 4 rings (SSSR count). The van der Waals surface area contributed by atoms with Crippen molar-refractivity contribution < 1.29 is 5.11 Å². The lowest BCUT2D eigenvalue weighted by Crippen LogP contribution is -2.35. The molecule has 0 amide bonds. The summed E-state index contributed by atoms with van der Waals surface area (Å²) in [5.74, 6) is 1.93. The highest BCUT2D eigenvalue weighted by Gasteiger charge is 2.24. The van der Waals surface area contributed by atoms with Crippen LogP contribution in [-0.4, -0.2) is 47.8 Å². The predicted molar refractivity (Wildman–Crippen MR) is 107 cm³/mol. The van der Waals surface area contributed by atoms with Crippen LogP contribution in [0.2, 0.25) is 0 Å². The number of likely N-dealkylation sites (tertiary alicyclic amines) is 1. The average Bonchev–Trinajstić information content (AvgIpc) is 2.69. The predicted octanol–water partition coefficient (Wildman–Crippen LogP) is 4.17. The summed E-state index contributed by atoms with van der Waals surface area (Å²) in [4.78, 5) is 12.0. The molecule has 1 N–H and O–H groups in total. The Hall–Kier alpha value is -1.56. The second kappa shape index (κ2) is 8.42. The zero-order valence-electron chi connectivity index (χ0n) is 15.2. The number of nitrogens with zero attached hydrogens (tertiary/aromatic N) is 3. The number of fused-ring (bicyclic) bond motifs is 2. The first-order valence-electron chi connectivity index (χ1n) is 9.68. The number of hydrogen-bond donors (Lipinski definition) is 1. The molecule has 0 atom stereocenters. The van der Waals surface area contributed by atoms with Gasteiger partial charge < -0.3 is 14.9 Å². The minimum atomic E-state index is 0.281. The summed E-state index contributed by atoms with van der Waals surface area (Å²) in [7, 11) is 0. The third kappa shape index (κ3) is 3.90. The number of aliphatic hydroxyl groups is 1. The topological polar surface area (TPSA) is 39.6 Å². The van der Waals surface area contributed by atoms with E-state index in [1.807, 2.05) is 24.0 Å². The van der Waals surface area contributed by atoms with Crippen LogP contribution in [-0.2, 0) is 0 Å². The number of aliphatic hydroxyl groups excluding tert-OH is 1. The second-order valence-electron chi connectivity index (χ2n) is 7.20. The third-order valence-corrected chi connectivity index (χ3v) is 6.60. The van der Waals surface area contributed by atoms with E-state index in [0.29, 0.717) is 0 Å². The number of para-hydroxylation sites is 1. The van der Waals surface area contributed by atoms with Gasteiger partial charge in [-0.1, -0.05) is 23.9 Å². The maximum Gasteiger partial charge on any atom is 0.147 e.